The molecule has 2 heterocycles. The second kappa shape index (κ2) is 8.65. The summed E-state index contributed by atoms with van der Waals surface area (Å²) < 4.78 is 20.2. The number of benzene rings is 1. The maximum atomic E-state index is 14.6. The quantitative estimate of drug-likeness (QED) is 0.790. The van der Waals surface area contributed by atoms with Crippen LogP contribution < -0.4 is 10.6 Å². The molecule has 3 atom stereocenters. The van der Waals surface area contributed by atoms with Crippen molar-refractivity contribution in [3.05, 3.63) is 34.6 Å². The van der Waals surface area contributed by atoms with Crippen LogP contribution in [0.4, 0.5) is 4.39 Å². The van der Waals surface area contributed by atoms with Gasteiger partial charge >= 0.3 is 0 Å². The highest BCUT2D eigenvalue weighted by molar-refractivity contribution is 6.31. The summed E-state index contributed by atoms with van der Waals surface area (Å²) in [7, 11) is 0. The molecule has 0 spiro atoms. The molecular formula is C19H27ClFN3O2. The second-order valence-electron chi connectivity index (χ2n) is 7.28. The summed E-state index contributed by atoms with van der Waals surface area (Å²) in [6.45, 7) is 7.96. The van der Waals surface area contributed by atoms with Crippen molar-refractivity contribution in [2.45, 2.75) is 26.0 Å². The third kappa shape index (κ3) is 4.36. The van der Waals surface area contributed by atoms with Crippen LogP contribution in [0.2, 0.25) is 5.02 Å². The third-order valence-electron chi connectivity index (χ3n) is 5.45. The van der Waals surface area contributed by atoms with E-state index in [-0.39, 0.29) is 29.8 Å². The number of amides is 1. The van der Waals surface area contributed by atoms with Gasteiger partial charge in [0.1, 0.15) is 5.82 Å². The third-order valence-corrected chi connectivity index (χ3v) is 5.78. The van der Waals surface area contributed by atoms with Crippen LogP contribution in [0.25, 0.3) is 0 Å². The Morgan fingerprint density at radius 2 is 2.27 bits per heavy atom. The van der Waals surface area contributed by atoms with Crippen molar-refractivity contribution in [2.75, 3.05) is 39.3 Å². The summed E-state index contributed by atoms with van der Waals surface area (Å²) in [6.07, 6.45) is 0.0625. The fourth-order valence-corrected chi connectivity index (χ4v) is 3.90. The molecule has 1 aromatic rings. The van der Waals surface area contributed by atoms with E-state index in [0.717, 1.165) is 13.1 Å². The van der Waals surface area contributed by atoms with Crippen molar-refractivity contribution in [2.24, 2.45) is 11.8 Å². The average Bonchev–Trinajstić information content (AvgIpc) is 2.55. The SMILES string of the molecule is CC1CN(C(CNC(=O)C(C)C2CNC2)c2c(F)cccc2Cl)CCO1. The highest BCUT2D eigenvalue weighted by Crippen LogP contribution is 2.31. The molecule has 3 unspecified atom stereocenters. The van der Waals surface area contributed by atoms with Gasteiger partial charge in [-0.1, -0.05) is 24.6 Å². The Balaban J connectivity index is 1.75. The zero-order chi connectivity index (χ0) is 18.7. The van der Waals surface area contributed by atoms with E-state index in [2.05, 4.69) is 15.5 Å². The lowest BCUT2D eigenvalue weighted by molar-refractivity contribution is -0.127. The molecule has 2 N–H and O–H groups in total. The molecule has 144 valence electrons. The number of morpholine rings is 1. The number of rotatable bonds is 6. The van der Waals surface area contributed by atoms with E-state index in [1.165, 1.54) is 6.07 Å². The van der Waals surface area contributed by atoms with Gasteiger partial charge in [-0.3, -0.25) is 9.69 Å². The van der Waals surface area contributed by atoms with Crippen LogP contribution >= 0.6 is 11.6 Å². The first-order valence-electron chi connectivity index (χ1n) is 9.25. The van der Waals surface area contributed by atoms with Crippen molar-refractivity contribution in [1.29, 1.82) is 0 Å². The topological polar surface area (TPSA) is 53.6 Å². The highest BCUT2D eigenvalue weighted by atomic mass is 35.5. The van der Waals surface area contributed by atoms with Crippen LogP contribution in [0.1, 0.15) is 25.5 Å². The van der Waals surface area contributed by atoms with E-state index in [4.69, 9.17) is 16.3 Å². The first kappa shape index (κ1) is 19.5. The van der Waals surface area contributed by atoms with E-state index in [1.807, 2.05) is 13.8 Å². The van der Waals surface area contributed by atoms with Crippen LogP contribution in [0.15, 0.2) is 18.2 Å². The molecule has 7 heteroatoms. The number of hydrogen-bond donors (Lipinski definition) is 2. The van der Waals surface area contributed by atoms with Crippen molar-refractivity contribution in [3.63, 3.8) is 0 Å². The molecule has 26 heavy (non-hydrogen) atoms. The summed E-state index contributed by atoms with van der Waals surface area (Å²) >= 11 is 6.32. The maximum Gasteiger partial charge on any atom is 0.223 e. The van der Waals surface area contributed by atoms with Crippen molar-refractivity contribution in [1.82, 2.24) is 15.5 Å². The molecule has 5 nitrogen and oxygen atoms in total. The van der Waals surface area contributed by atoms with Crippen LogP contribution in [-0.2, 0) is 9.53 Å². The first-order chi connectivity index (χ1) is 12.5. The van der Waals surface area contributed by atoms with E-state index in [0.29, 0.717) is 42.7 Å². The van der Waals surface area contributed by atoms with E-state index >= 15 is 0 Å². The predicted octanol–water partition coefficient (Wildman–Crippen LogP) is 2.21. The average molecular weight is 384 g/mol. The molecule has 0 saturated carbocycles. The molecule has 0 aromatic heterocycles. The van der Waals surface area contributed by atoms with Crippen LogP contribution in [0.5, 0.6) is 0 Å². The fraction of sp³-hybridized carbons (Fsp3) is 0.632. The first-order valence-corrected chi connectivity index (χ1v) is 9.63. The molecule has 2 aliphatic heterocycles. The van der Waals surface area contributed by atoms with Crippen molar-refractivity contribution in [3.8, 4) is 0 Å². The zero-order valence-electron chi connectivity index (χ0n) is 15.3. The molecular weight excluding hydrogens is 357 g/mol. The van der Waals surface area contributed by atoms with Gasteiger partial charge in [0.15, 0.2) is 0 Å². The Morgan fingerprint density at radius 3 is 2.88 bits per heavy atom. The number of nitrogens with one attached hydrogen (secondary N) is 2. The number of ether oxygens (including phenoxy) is 1. The number of carbonyl (C=O) groups excluding carboxylic acids is 1. The Labute approximate surface area is 159 Å². The van der Waals surface area contributed by atoms with Gasteiger partial charge < -0.3 is 15.4 Å². The minimum absolute atomic E-state index is 0.00951. The molecule has 2 saturated heterocycles. The molecule has 0 bridgehead atoms. The minimum atomic E-state index is -0.341. The summed E-state index contributed by atoms with van der Waals surface area (Å²) in [4.78, 5) is 14.7. The normalized spacial score (nSPS) is 23.9. The van der Waals surface area contributed by atoms with Crippen LogP contribution in [0, 0.1) is 17.7 Å². The van der Waals surface area contributed by atoms with Crippen molar-refractivity contribution >= 4 is 17.5 Å². The Morgan fingerprint density at radius 1 is 1.50 bits per heavy atom. The van der Waals surface area contributed by atoms with E-state index in [1.54, 1.807) is 12.1 Å². The lowest BCUT2D eigenvalue weighted by Crippen LogP contribution is -2.51. The van der Waals surface area contributed by atoms with Crippen molar-refractivity contribution < 1.29 is 13.9 Å². The van der Waals surface area contributed by atoms with E-state index in [9.17, 15) is 9.18 Å². The van der Waals surface area contributed by atoms with Gasteiger partial charge in [-0.05, 0) is 38.1 Å². The summed E-state index contributed by atoms with van der Waals surface area (Å²) in [6, 6.07) is 4.40. The molecule has 1 amide bonds. The van der Waals surface area contributed by atoms with Gasteiger partial charge in [-0.25, -0.2) is 4.39 Å². The van der Waals surface area contributed by atoms with Gasteiger partial charge in [-0.2, -0.15) is 0 Å². The van der Waals surface area contributed by atoms with Gasteiger partial charge in [0, 0.05) is 36.1 Å². The molecule has 2 aliphatic rings. The number of halogens is 2. The number of hydrogen-bond acceptors (Lipinski definition) is 4. The number of carbonyl (C=O) groups is 1. The van der Waals surface area contributed by atoms with Gasteiger partial charge in [0.05, 0.1) is 18.8 Å². The zero-order valence-corrected chi connectivity index (χ0v) is 16.1. The Hall–Kier alpha value is -1.21. The molecule has 3 rings (SSSR count). The number of nitrogens with zero attached hydrogens (tertiary/aromatic N) is 1. The Kier molecular flexibility index (Phi) is 6.51. The Bertz CT molecular complexity index is 621. The van der Waals surface area contributed by atoms with E-state index < -0.39 is 0 Å². The van der Waals surface area contributed by atoms with Gasteiger partial charge in [0.25, 0.3) is 0 Å². The molecule has 2 fully saturated rings. The monoisotopic (exact) mass is 383 g/mol. The highest BCUT2D eigenvalue weighted by Gasteiger charge is 2.32. The molecule has 1 aromatic carbocycles. The van der Waals surface area contributed by atoms with Gasteiger partial charge in [0.2, 0.25) is 5.91 Å². The summed E-state index contributed by atoms with van der Waals surface area (Å²) in [5.41, 5.74) is 0.446. The standard InChI is InChI=1S/C19H27ClFN3O2/c1-12-11-24(6-7-26-12)17(18-15(20)4-3-5-16(18)21)10-23-19(25)13(2)14-8-22-9-14/h3-5,12-14,17,22H,6-11H2,1-2H3,(H,23,25). The second-order valence-corrected chi connectivity index (χ2v) is 7.69. The molecule has 0 aliphatic carbocycles. The van der Waals surface area contributed by atoms with Crippen LogP contribution in [-0.4, -0.2) is 56.2 Å². The lowest BCUT2D eigenvalue weighted by Gasteiger charge is -2.38. The predicted molar refractivity (Wildman–Crippen MR) is 99.7 cm³/mol. The minimum Gasteiger partial charge on any atom is -0.376 e. The largest absolute Gasteiger partial charge is 0.376 e. The molecule has 0 radical (unpaired) electrons. The fourth-order valence-electron chi connectivity index (χ4n) is 3.61. The van der Waals surface area contributed by atoms with Gasteiger partial charge in [-0.15, -0.1) is 0 Å². The lowest BCUT2D eigenvalue weighted by atomic mass is 9.88. The van der Waals surface area contributed by atoms with Crippen LogP contribution in [0.3, 0.4) is 0 Å². The smallest absolute Gasteiger partial charge is 0.223 e. The maximum absolute atomic E-state index is 14.6. The summed E-state index contributed by atoms with van der Waals surface area (Å²) in [5, 5.41) is 6.60. The summed E-state index contributed by atoms with van der Waals surface area (Å²) in [5.74, 6) is -0.0204.